The van der Waals surface area contributed by atoms with Crippen molar-refractivity contribution in [3.63, 3.8) is 0 Å². The Morgan fingerprint density at radius 1 is 0.929 bits per heavy atom. The average molecular weight is 401 g/mol. The molecule has 0 spiro atoms. The van der Waals surface area contributed by atoms with Crippen LogP contribution in [-0.2, 0) is 27.7 Å². The van der Waals surface area contributed by atoms with Gasteiger partial charge in [0.2, 0.25) is 15.9 Å². The number of nitrogens with one attached hydrogen (secondary N) is 2. The molecule has 0 aromatic heterocycles. The number of ketones is 1. The lowest BCUT2D eigenvalue weighted by Gasteiger charge is -2.16. The van der Waals surface area contributed by atoms with Gasteiger partial charge in [0.15, 0.2) is 5.78 Å². The van der Waals surface area contributed by atoms with Crippen LogP contribution in [0.25, 0.3) is 0 Å². The number of fused-ring (bicyclic) bond motifs is 1. The lowest BCUT2D eigenvalue weighted by Crippen LogP contribution is -2.18. The first kappa shape index (κ1) is 20.2. The SMILES string of the molecule is CNS(=O)(=O)c1ccc(NC(=O)CCC(=O)c2ccc3c(c2)CCCC3)cc1. The van der Waals surface area contributed by atoms with E-state index in [1.165, 1.54) is 48.9 Å². The Bertz CT molecular complexity index is 982. The third-order valence-corrected chi connectivity index (χ3v) is 6.40. The predicted molar refractivity (Wildman–Crippen MR) is 108 cm³/mol. The Hall–Kier alpha value is -2.51. The zero-order chi connectivity index (χ0) is 20.1. The Balaban J connectivity index is 1.55. The van der Waals surface area contributed by atoms with Crippen LogP contribution in [0.2, 0.25) is 0 Å². The minimum atomic E-state index is -3.51. The summed E-state index contributed by atoms with van der Waals surface area (Å²) in [6.45, 7) is 0. The summed E-state index contributed by atoms with van der Waals surface area (Å²) < 4.78 is 25.6. The molecule has 2 aromatic carbocycles. The van der Waals surface area contributed by atoms with E-state index < -0.39 is 10.0 Å². The highest BCUT2D eigenvalue weighted by Gasteiger charge is 2.15. The molecule has 0 heterocycles. The molecule has 1 aliphatic rings. The second kappa shape index (κ2) is 8.67. The highest BCUT2D eigenvalue weighted by Crippen LogP contribution is 2.23. The van der Waals surface area contributed by atoms with Gasteiger partial charge in [-0.1, -0.05) is 12.1 Å². The summed E-state index contributed by atoms with van der Waals surface area (Å²) in [4.78, 5) is 24.7. The number of aryl methyl sites for hydroxylation is 2. The lowest BCUT2D eigenvalue weighted by molar-refractivity contribution is -0.116. The summed E-state index contributed by atoms with van der Waals surface area (Å²) in [5.41, 5.74) is 3.72. The molecule has 0 fully saturated rings. The fourth-order valence-electron chi connectivity index (χ4n) is 3.34. The first-order chi connectivity index (χ1) is 13.4. The van der Waals surface area contributed by atoms with Gasteiger partial charge in [-0.25, -0.2) is 13.1 Å². The maximum atomic E-state index is 12.4. The molecule has 0 unspecified atom stereocenters. The predicted octanol–water partition coefficient (Wildman–Crippen LogP) is 3.08. The molecule has 7 heteroatoms. The number of carbonyl (C=O) groups excluding carboxylic acids is 2. The van der Waals surface area contributed by atoms with E-state index >= 15 is 0 Å². The molecule has 6 nitrogen and oxygen atoms in total. The molecule has 0 atom stereocenters. The fourth-order valence-corrected chi connectivity index (χ4v) is 4.07. The van der Waals surface area contributed by atoms with E-state index in [1.54, 1.807) is 0 Å². The molecule has 0 radical (unpaired) electrons. The van der Waals surface area contributed by atoms with E-state index in [0.717, 1.165) is 19.3 Å². The van der Waals surface area contributed by atoms with Crippen molar-refractivity contribution in [1.29, 1.82) is 0 Å². The zero-order valence-electron chi connectivity index (χ0n) is 15.8. The van der Waals surface area contributed by atoms with E-state index in [9.17, 15) is 18.0 Å². The Morgan fingerprint density at radius 2 is 1.61 bits per heavy atom. The number of sulfonamides is 1. The highest BCUT2D eigenvalue weighted by atomic mass is 32.2. The van der Waals surface area contributed by atoms with E-state index in [2.05, 4.69) is 10.0 Å². The van der Waals surface area contributed by atoms with Crippen molar-refractivity contribution in [3.05, 3.63) is 59.2 Å². The van der Waals surface area contributed by atoms with Gasteiger partial charge in [0.25, 0.3) is 0 Å². The molecule has 0 saturated heterocycles. The van der Waals surface area contributed by atoms with Crippen LogP contribution < -0.4 is 10.0 Å². The number of anilines is 1. The molecule has 2 aromatic rings. The van der Waals surface area contributed by atoms with Crippen molar-refractivity contribution < 1.29 is 18.0 Å². The monoisotopic (exact) mass is 400 g/mol. The molecule has 3 rings (SSSR count). The normalized spacial score (nSPS) is 13.6. The Kier molecular flexibility index (Phi) is 6.26. The Labute approximate surface area is 165 Å². The first-order valence-corrected chi connectivity index (χ1v) is 10.9. The van der Waals surface area contributed by atoms with E-state index in [4.69, 9.17) is 0 Å². The Morgan fingerprint density at radius 3 is 2.29 bits per heavy atom. The third kappa shape index (κ3) is 4.85. The largest absolute Gasteiger partial charge is 0.326 e. The summed E-state index contributed by atoms with van der Waals surface area (Å²) >= 11 is 0. The van der Waals surface area contributed by atoms with E-state index in [0.29, 0.717) is 11.3 Å². The molecule has 28 heavy (non-hydrogen) atoms. The molecule has 148 valence electrons. The van der Waals surface area contributed by atoms with Crippen LogP contribution in [-0.4, -0.2) is 27.2 Å². The van der Waals surface area contributed by atoms with Crippen molar-refractivity contribution in [2.24, 2.45) is 0 Å². The topological polar surface area (TPSA) is 92.3 Å². The third-order valence-electron chi connectivity index (χ3n) is 4.97. The van der Waals surface area contributed by atoms with Gasteiger partial charge in [0.05, 0.1) is 4.90 Å². The molecular formula is C21H24N2O4S. The summed E-state index contributed by atoms with van der Waals surface area (Å²) in [6, 6.07) is 11.7. The van der Waals surface area contributed by atoms with Crippen LogP contribution in [0, 0.1) is 0 Å². The number of Topliss-reactive ketones (excluding diaryl/α,β-unsaturated/α-hetero) is 1. The average Bonchev–Trinajstić information content (AvgIpc) is 2.72. The number of carbonyl (C=O) groups is 2. The summed E-state index contributed by atoms with van der Waals surface area (Å²) in [5.74, 6) is -0.325. The van der Waals surface area contributed by atoms with Gasteiger partial charge in [0.1, 0.15) is 0 Å². The maximum absolute atomic E-state index is 12.4. The quantitative estimate of drug-likeness (QED) is 0.699. The first-order valence-electron chi connectivity index (χ1n) is 9.37. The van der Waals surface area contributed by atoms with Crippen LogP contribution in [0.4, 0.5) is 5.69 Å². The standard InChI is InChI=1S/C21H24N2O4S/c1-22-28(26,27)19-10-8-18(9-11-19)23-21(25)13-12-20(24)17-7-6-15-4-2-3-5-16(15)14-17/h6-11,14,22H,2-5,12-13H2,1H3,(H,23,25). The molecule has 2 N–H and O–H groups in total. The molecule has 1 aliphatic carbocycles. The van der Waals surface area contributed by atoms with Gasteiger partial charge in [-0.05, 0) is 74.2 Å². The fraction of sp³-hybridized carbons (Fsp3) is 0.333. The zero-order valence-corrected chi connectivity index (χ0v) is 16.6. The van der Waals surface area contributed by atoms with E-state index in [1.807, 2.05) is 18.2 Å². The smallest absolute Gasteiger partial charge is 0.240 e. The van der Waals surface area contributed by atoms with Crippen LogP contribution in [0.3, 0.4) is 0 Å². The number of benzene rings is 2. The van der Waals surface area contributed by atoms with Gasteiger partial charge >= 0.3 is 0 Å². The summed E-state index contributed by atoms with van der Waals surface area (Å²) in [6.07, 6.45) is 4.64. The van der Waals surface area contributed by atoms with Gasteiger partial charge in [0, 0.05) is 24.1 Å². The van der Waals surface area contributed by atoms with Crippen molar-refractivity contribution >= 4 is 27.4 Å². The maximum Gasteiger partial charge on any atom is 0.240 e. The van der Waals surface area contributed by atoms with Crippen molar-refractivity contribution in [2.45, 2.75) is 43.4 Å². The minimum Gasteiger partial charge on any atom is -0.326 e. The van der Waals surface area contributed by atoms with Gasteiger partial charge in [-0.3, -0.25) is 9.59 Å². The van der Waals surface area contributed by atoms with Gasteiger partial charge in [-0.2, -0.15) is 0 Å². The van der Waals surface area contributed by atoms with Crippen LogP contribution >= 0.6 is 0 Å². The number of hydrogen-bond acceptors (Lipinski definition) is 4. The van der Waals surface area contributed by atoms with Gasteiger partial charge in [-0.15, -0.1) is 0 Å². The lowest BCUT2D eigenvalue weighted by atomic mass is 9.89. The van der Waals surface area contributed by atoms with Crippen molar-refractivity contribution in [1.82, 2.24) is 4.72 Å². The molecular weight excluding hydrogens is 376 g/mol. The van der Waals surface area contributed by atoms with Crippen LogP contribution in [0.1, 0.15) is 47.2 Å². The summed E-state index contributed by atoms with van der Waals surface area (Å²) in [7, 11) is -2.17. The summed E-state index contributed by atoms with van der Waals surface area (Å²) in [5, 5.41) is 2.69. The number of rotatable bonds is 7. The number of hydrogen-bond donors (Lipinski definition) is 2. The molecule has 0 aliphatic heterocycles. The van der Waals surface area contributed by atoms with E-state index in [-0.39, 0.29) is 29.4 Å². The second-order valence-electron chi connectivity index (χ2n) is 6.89. The second-order valence-corrected chi connectivity index (χ2v) is 8.78. The number of amides is 1. The molecule has 0 bridgehead atoms. The van der Waals surface area contributed by atoms with Crippen LogP contribution in [0.15, 0.2) is 47.4 Å². The molecule has 0 saturated carbocycles. The van der Waals surface area contributed by atoms with Crippen molar-refractivity contribution in [2.75, 3.05) is 12.4 Å². The molecule has 1 amide bonds. The highest BCUT2D eigenvalue weighted by molar-refractivity contribution is 7.89. The van der Waals surface area contributed by atoms with Gasteiger partial charge < -0.3 is 5.32 Å². The van der Waals surface area contributed by atoms with Crippen LogP contribution in [0.5, 0.6) is 0 Å². The minimum absolute atomic E-state index is 0.0426. The van der Waals surface area contributed by atoms with Crippen molar-refractivity contribution in [3.8, 4) is 0 Å².